The average Bonchev–Trinajstić information content (AvgIpc) is 3.57. The number of carbonyl (C=O) groups is 2. The van der Waals surface area contributed by atoms with E-state index in [0.717, 1.165) is 25.7 Å². The van der Waals surface area contributed by atoms with Crippen LogP contribution in [0, 0.1) is 17.8 Å². The van der Waals surface area contributed by atoms with E-state index in [1.807, 2.05) is 19.1 Å². The summed E-state index contributed by atoms with van der Waals surface area (Å²) >= 11 is 0. The second-order valence-electron chi connectivity index (χ2n) is 12.9. The van der Waals surface area contributed by atoms with Crippen molar-refractivity contribution in [2.75, 3.05) is 6.61 Å². The smallest absolute Gasteiger partial charge is 0.307 e. The van der Waals surface area contributed by atoms with Crippen molar-refractivity contribution < 1.29 is 48.6 Å². The summed E-state index contributed by atoms with van der Waals surface area (Å²) in [5, 5.41) is 34.4. The molecule has 0 aromatic carbocycles. The highest BCUT2D eigenvalue weighted by Gasteiger charge is 2.90. The Hall–Kier alpha value is -2.18. The Bertz CT molecular complexity index is 1290. The lowest BCUT2D eigenvalue weighted by molar-refractivity contribution is -0.407. The third-order valence-corrected chi connectivity index (χ3v) is 10.6. The number of Topliss-reactive ketones (excluding diaryl/α,β-unsaturated/α-hetero) is 1. The number of esters is 1. The minimum Gasteiger partial charge on any atom is -0.459 e. The molecule has 12 atom stereocenters. The highest BCUT2D eigenvalue weighted by atomic mass is 16.9. The van der Waals surface area contributed by atoms with Crippen LogP contribution in [0.25, 0.3) is 0 Å². The minimum absolute atomic E-state index is 0.248. The Labute approximate surface area is 246 Å². The number of aliphatic hydroxyl groups excluding tert-OH is 2. The van der Waals surface area contributed by atoms with Crippen molar-refractivity contribution in [3.05, 3.63) is 48.1 Å². The summed E-state index contributed by atoms with van der Waals surface area (Å²) in [7, 11) is 0. The van der Waals surface area contributed by atoms with Crippen LogP contribution in [0.1, 0.15) is 60.3 Å². The molecule has 0 aromatic rings. The molecule has 3 aliphatic carbocycles. The molecule has 3 N–H and O–H groups in total. The van der Waals surface area contributed by atoms with Crippen LogP contribution in [-0.4, -0.2) is 86.5 Å². The molecule has 42 heavy (non-hydrogen) atoms. The molecule has 0 unspecified atom stereocenters. The third-order valence-electron chi connectivity index (χ3n) is 10.6. The first-order valence-electron chi connectivity index (χ1n) is 15.0. The summed E-state index contributed by atoms with van der Waals surface area (Å²) < 4.78 is 32.4. The fourth-order valence-electron chi connectivity index (χ4n) is 8.66. The summed E-state index contributed by atoms with van der Waals surface area (Å²) in [5.74, 6) is -5.58. The molecule has 0 spiro atoms. The van der Waals surface area contributed by atoms with Gasteiger partial charge < -0.3 is 39.0 Å². The molecule has 3 aliphatic heterocycles. The van der Waals surface area contributed by atoms with Gasteiger partial charge in [-0.1, -0.05) is 57.6 Å². The van der Waals surface area contributed by atoms with Gasteiger partial charge in [0.2, 0.25) is 0 Å². The molecule has 2 saturated carbocycles. The summed E-state index contributed by atoms with van der Waals surface area (Å²) in [6, 6.07) is 0. The number of fused-ring (bicyclic) bond motifs is 3. The van der Waals surface area contributed by atoms with Crippen LogP contribution >= 0.6 is 0 Å². The number of aliphatic hydroxyl groups is 3. The van der Waals surface area contributed by atoms with Crippen LogP contribution in [0.5, 0.6) is 0 Å². The van der Waals surface area contributed by atoms with E-state index in [-0.39, 0.29) is 5.57 Å². The van der Waals surface area contributed by atoms with Crippen molar-refractivity contribution in [2.45, 2.75) is 113 Å². The Balaban J connectivity index is 1.55. The van der Waals surface area contributed by atoms with E-state index < -0.39 is 88.9 Å². The summed E-state index contributed by atoms with van der Waals surface area (Å²) in [6.45, 7) is 12.2. The Kier molecular flexibility index (Phi) is 6.87. The van der Waals surface area contributed by atoms with Crippen LogP contribution in [0.15, 0.2) is 48.1 Å². The number of hydrogen-bond acceptors (Lipinski definition) is 10. The van der Waals surface area contributed by atoms with E-state index in [4.69, 9.17) is 23.7 Å². The summed E-state index contributed by atoms with van der Waals surface area (Å²) in [4.78, 5) is 26.2. The van der Waals surface area contributed by atoms with Crippen molar-refractivity contribution in [3.8, 4) is 0 Å². The van der Waals surface area contributed by atoms with Gasteiger partial charge in [0.05, 0.1) is 12.2 Å². The van der Waals surface area contributed by atoms with E-state index in [9.17, 15) is 24.9 Å². The summed E-state index contributed by atoms with van der Waals surface area (Å²) in [6.07, 6.45) is 8.71. The molecule has 6 rings (SSSR count). The lowest BCUT2D eigenvalue weighted by Gasteiger charge is -2.61. The van der Waals surface area contributed by atoms with Gasteiger partial charge in [-0.15, -0.1) is 0 Å². The van der Waals surface area contributed by atoms with E-state index in [1.165, 1.54) is 6.92 Å². The van der Waals surface area contributed by atoms with Gasteiger partial charge >= 0.3 is 11.9 Å². The number of ether oxygens (including phenoxy) is 5. The zero-order chi connectivity index (χ0) is 30.5. The van der Waals surface area contributed by atoms with Crippen molar-refractivity contribution in [2.24, 2.45) is 17.8 Å². The van der Waals surface area contributed by atoms with Crippen LogP contribution in [0.2, 0.25) is 0 Å². The highest BCUT2D eigenvalue weighted by molar-refractivity contribution is 6.05. The molecule has 5 fully saturated rings. The zero-order valence-electron chi connectivity index (χ0n) is 24.9. The molecular weight excluding hydrogens is 544 g/mol. The third kappa shape index (κ3) is 3.51. The number of allylic oxidation sites excluding steroid dienone is 3. The van der Waals surface area contributed by atoms with Crippen LogP contribution in [-0.2, 0) is 33.3 Å². The van der Waals surface area contributed by atoms with Gasteiger partial charge in [-0.3, -0.25) is 9.59 Å². The molecule has 3 heterocycles. The molecule has 0 aromatic heterocycles. The molecule has 3 saturated heterocycles. The topological polar surface area (TPSA) is 144 Å². The van der Waals surface area contributed by atoms with Gasteiger partial charge in [0.1, 0.15) is 30.0 Å². The molecular formula is C32H42O10. The molecule has 0 amide bonds. The lowest BCUT2D eigenvalue weighted by atomic mass is 9.53. The first-order chi connectivity index (χ1) is 19.8. The van der Waals surface area contributed by atoms with Crippen LogP contribution in [0.4, 0.5) is 0 Å². The predicted octanol–water partition coefficient (Wildman–Crippen LogP) is 2.41. The zero-order valence-corrected chi connectivity index (χ0v) is 24.9. The molecule has 3 bridgehead atoms. The van der Waals surface area contributed by atoms with E-state index in [0.29, 0.717) is 5.57 Å². The SMILES string of the molecule is C=C(C)[C@@]12O[C@@]3(C=CC=CCCCCC)O[C@@H]1[C@@H]1[C@@H]4O[C@]4(CO)[C@@H](O)[C@]4(O)C(=O)C(C)=C[C@H]4[C@@]1(O3)[C@H](C)[C@H]2OC(C)=O. The van der Waals surface area contributed by atoms with Gasteiger partial charge in [0.25, 0.3) is 0 Å². The number of carbonyl (C=O) groups excluding carboxylic acids is 2. The molecule has 6 aliphatic rings. The normalized spacial score (nSPS) is 50.0. The first-order valence-corrected chi connectivity index (χ1v) is 15.0. The maximum Gasteiger partial charge on any atom is 0.307 e. The standard InChI is InChI=1S/C32H42O10/c1-7-8-9-10-11-12-13-14-29-40-26-22-25-28(16-33,39-25)27(36)30(37)21(15-18(4)23(30)35)32(22,42-29)19(5)24(38-20(6)34)31(26,41-29)17(2)3/h11-15,19,21-22,24-27,33,36-37H,2,7-10,16H2,1,3-6H3/t19-,21-,22+,24-,25+,26-,27-,28+,29-,30-,31+,32+/m1/s1. The van der Waals surface area contributed by atoms with Gasteiger partial charge in [-0.2, -0.15) is 0 Å². The second kappa shape index (κ2) is 9.66. The molecule has 10 heteroatoms. The van der Waals surface area contributed by atoms with Gasteiger partial charge in [0, 0.05) is 30.8 Å². The largest absolute Gasteiger partial charge is 0.459 e. The lowest BCUT2D eigenvalue weighted by Crippen LogP contribution is -2.76. The molecule has 230 valence electrons. The van der Waals surface area contributed by atoms with E-state index >= 15 is 0 Å². The van der Waals surface area contributed by atoms with Crippen molar-refractivity contribution in [3.63, 3.8) is 0 Å². The monoisotopic (exact) mass is 586 g/mol. The highest BCUT2D eigenvalue weighted by Crippen LogP contribution is 2.73. The number of unbranched alkanes of at least 4 members (excludes halogenated alkanes) is 3. The van der Waals surface area contributed by atoms with Crippen LogP contribution < -0.4 is 0 Å². The number of epoxide rings is 1. The average molecular weight is 587 g/mol. The Morgan fingerprint density at radius 1 is 1.17 bits per heavy atom. The molecule has 0 radical (unpaired) electrons. The predicted molar refractivity (Wildman–Crippen MR) is 149 cm³/mol. The fraction of sp³-hybridized carbons (Fsp3) is 0.688. The molecule has 10 nitrogen and oxygen atoms in total. The number of ketones is 1. The van der Waals surface area contributed by atoms with Gasteiger partial charge in [-0.25, -0.2) is 0 Å². The fourth-order valence-corrected chi connectivity index (χ4v) is 8.66. The first kappa shape index (κ1) is 29.9. The second-order valence-corrected chi connectivity index (χ2v) is 12.9. The maximum atomic E-state index is 13.7. The summed E-state index contributed by atoms with van der Waals surface area (Å²) in [5.41, 5.74) is -6.12. The maximum absolute atomic E-state index is 13.7. The van der Waals surface area contributed by atoms with Crippen LogP contribution in [0.3, 0.4) is 0 Å². The van der Waals surface area contributed by atoms with Crippen molar-refractivity contribution in [1.82, 2.24) is 0 Å². The van der Waals surface area contributed by atoms with E-state index in [1.54, 1.807) is 32.1 Å². The quantitative estimate of drug-likeness (QED) is 0.121. The Morgan fingerprint density at radius 3 is 2.55 bits per heavy atom. The van der Waals surface area contributed by atoms with Gasteiger partial charge in [-0.05, 0) is 37.8 Å². The van der Waals surface area contributed by atoms with E-state index in [2.05, 4.69) is 13.5 Å². The van der Waals surface area contributed by atoms with Crippen molar-refractivity contribution in [1.29, 1.82) is 0 Å². The number of hydrogen-bond donors (Lipinski definition) is 3. The Morgan fingerprint density at radius 2 is 1.90 bits per heavy atom. The number of rotatable bonds is 9. The van der Waals surface area contributed by atoms with Gasteiger partial charge in [0.15, 0.2) is 17.0 Å². The minimum atomic E-state index is -2.38. The van der Waals surface area contributed by atoms with Crippen molar-refractivity contribution >= 4 is 11.8 Å².